The molecule has 0 bridgehead atoms. The van der Waals surface area contributed by atoms with Crippen LogP contribution in [0.25, 0.3) is 0 Å². The maximum atomic E-state index is 12.4. The zero-order valence-electron chi connectivity index (χ0n) is 11.5. The number of nitrogens with one attached hydrogen (secondary N) is 1. The maximum absolute atomic E-state index is 12.4. The first-order valence-corrected chi connectivity index (χ1v) is 8.08. The Bertz CT molecular complexity index is 469. The first kappa shape index (κ1) is 13.1. The summed E-state index contributed by atoms with van der Waals surface area (Å²) in [7, 11) is 0. The molecule has 19 heavy (non-hydrogen) atoms. The van der Waals surface area contributed by atoms with Gasteiger partial charge in [-0.25, -0.2) is 0 Å². The lowest BCUT2D eigenvalue weighted by Crippen LogP contribution is -2.53. The van der Waals surface area contributed by atoms with Gasteiger partial charge in [0.25, 0.3) is 5.91 Å². The van der Waals surface area contributed by atoms with Crippen molar-refractivity contribution in [2.24, 2.45) is 11.7 Å². The number of carbonyl (C=O) groups excluding carboxylic acids is 1. The van der Waals surface area contributed by atoms with Gasteiger partial charge in [-0.2, -0.15) is 0 Å². The maximum Gasteiger partial charge on any atom is 0.261 e. The molecular weight excluding hydrogens is 256 g/mol. The number of amides is 1. The molecule has 3 N–H and O–H groups in total. The average molecular weight is 278 g/mol. The number of fused-ring (bicyclic) bond motifs is 1. The first-order chi connectivity index (χ1) is 9.12. The summed E-state index contributed by atoms with van der Waals surface area (Å²) in [4.78, 5) is 14.7. The molecule has 2 aliphatic rings. The molecule has 0 aliphatic heterocycles. The molecule has 1 aromatic rings. The molecule has 0 aromatic carbocycles. The quantitative estimate of drug-likeness (QED) is 0.889. The number of carbonyl (C=O) groups is 1. The standard InChI is InChI=1S/C15H22N2OS/c1-15(9-16,11-6-7-11)17-14(18)13-8-10-4-2-3-5-12(10)19-13/h8,11H,2-7,9,16H2,1H3,(H,17,18). The Balaban J connectivity index is 1.74. The van der Waals surface area contributed by atoms with Crippen LogP contribution in [0.5, 0.6) is 0 Å². The number of rotatable bonds is 4. The largest absolute Gasteiger partial charge is 0.345 e. The van der Waals surface area contributed by atoms with Crippen molar-refractivity contribution in [3.8, 4) is 0 Å². The second-order valence-electron chi connectivity index (χ2n) is 6.12. The third-order valence-corrected chi connectivity index (χ3v) is 5.76. The molecule has 0 radical (unpaired) electrons. The SMILES string of the molecule is CC(CN)(NC(=O)c1cc2c(s1)CCCC2)C1CC1. The van der Waals surface area contributed by atoms with Gasteiger partial charge in [0.2, 0.25) is 0 Å². The summed E-state index contributed by atoms with van der Waals surface area (Å²) in [5.41, 5.74) is 7.03. The van der Waals surface area contributed by atoms with Crippen molar-refractivity contribution in [1.29, 1.82) is 0 Å². The lowest BCUT2D eigenvalue weighted by molar-refractivity contribution is 0.0902. The Morgan fingerprint density at radius 1 is 1.47 bits per heavy atom. The van der Waals surface area contributed by atoms with Crippen molar-refractivity contribution in [2.75, 3.05) is 6.54 Å². The predicted octanol–water partition coefficient (Wildman–Crippen LogP) is 2.48. The molecule has 104 valence electrons. The van der Waals surface area contributed by atoms with Crippen LogP contribution in [0.2, 0.25) is 0 Å². The summed E-state index contributed by atoms with van der Waals surface area (Å²) in [6.07, 6.45) is 7.17. The molecule has 0 saturated heterocycles. The van der Waals surface area contributed by atoms with Crippen molar-refractivity contribution in [3.63, 3.8) is 0 Å². The Morgan fingerprint density at radius 2 is 2.21 bits per heavy atom. The molecule has 1 fully saturated rings. The summed E-state index contributed by atoms with van der Waals surface area (Å²) >= 11 is 1.67. The topological polar surface area (TPSA) is 55.1 Å². The summed E-state index contributed by atoms with van der Waals surface area (Å²) in [5.74, 6) is 0.635. The highest BCUT2D eigenvalue weighted by molar-refractivity contribution is 7.14. The van der Waals surface area contributed by atoms with E-state index in [1.54, 1.807) is 11.3 Å². The molecule has 2 aliphatic carbocycles. The van der Waals surface area contributed by atoms with E-state index in [1.165, 1.54) is 36.1 Å². The molecule has 3 nitrogen and oxygen atoms in total. The number of hydrogen-bond donors (Lipinski definition) is 2. The molecule has 1 saturated carbocycles. The van der Waals surface area contributed by atoms with Crippen molar-refractivity contribution < 1.29 is 4.79 Å². The molecule has 1 amide bonds. The van der Waals surface area contributed by atoms with Gasteiger partial charge >= 0.3 is 0 Å². The molecular formula is C15H22N2OS. The molecule has 1 aromatic heterocycles. The van der Waals surface area contributed by atoms with Crippen molar-refractivity contribution in [3.05, 3.63) is 21.4 Å². The number of nitrogens with two attached hydrogens (primary N) is 1. The zero-order valence-corrected chi connectivity index (χ0v) is 12.3. The van der Waals surface area contributed by atoms with Gasteiger partial charge in [0.05, 0.1) is 10.4 Å². The fourth-order valence-electron chi connectivity index (χ4n) is 2.96. The van der Waals surface area contributed by atoms with Crippen molar-refractivity contribution in [2.45, 2.75) is 51.0 Å². The van der Waals surface area contributed by atoms with Crippen LogP contribution >= 0.6 is 11.3 Å². The third kappa shape index (κ3) is 2.56. The Kier molecular flexibility index (Phi) is 3.39. The van der Waals surface area contributed by atoms with E-state index in [0.29, 0.717) is 12.5 Å². The minimum atomic E-state index is -0.221. The van der Waals surface area contributed by atoms with E-state index in [1.807, 2.05) is 0 Å². The predicted molar refractivity (Wildman–Crippen MR) is 78.6 cm³/mol. The summed E-state index contributed by atoms with van der Waals surface area (Å²) < 4.78 is 0. The van der Waals surface area contributed by atoms with Gasteiger partial charge in [-0.15, -0.1) is 11.3 Å². The van der Waals surface area contributed by atoms with Crippen molar-refractivity contribution >= 4 is 17.2 Å². The molecule has 4 heteroatoms. The minimum absolute atomic E-state index is 0.0687. The van der Waals surface area contributed by atoms with Gasteiger partial charge in [-0.3, -0.25) is 4.79 Å². The van der Waals surface area contributed by atoms with Gasteiger partial charge < -0.3 is 11.1 Å². The van der Waals surface area contributed by atoms with E-state index >= 15 is 0 Å². The van der Waals surface area contributed by atoms with Gasteiger partial charge in [0, 0.05) is 11.4 Å². The Hall–Kier alpha value is -0.870. The van der Waals surface area contributed by atoms with Gasteiger partial charge in [-0.05, 0) is 63.0 Å². The van der Waals surface area contributed by atoms with Crippen LogP contribution in [0.3, 0.4) is 0 Å². The lowest BCUT2D eigenvalue weighted by atomic mass is 9.95. The zero-order chi connectivity index (χ0) is 13.5. The van der Waals surface area contributed by atoms with E-state index < -0.39 is 0 Å². The van der Waals surface area contributed by atoms with Crippen LogP contribution in [0, 0.1) is 5.92 Å². The second kappa shape index (κ2) is 4.91. The highest BCUT2D eigenvalue weighted by Crippen LogP contribution is 2.39. The van der Waals surface area contributed by atoms with Crippen LogP contribution in [0.1, 0.15) is 52.7 Å². The Labute approximate surface area is 118 Å². The number of thiophene rings is 1. The molecule has 1 heterocycles. The molecule has 1 atom stereocenters. The Morgan fingerprint density at radius 3 is 2.84 bits per heavy atom. The number of hydrogen-bond acceptors (Lipinski definition) is 3. The molecule has 1 unspecified atom stereocenters. The first-order valence-electron chi connectivity index (χ1n) is 7.26. The van der Waals surface area contributed by atoms with E-state index in [2.05, 4.69) is 18.3 Å². The van der Waals surface area contributed by atoms with Crippen molar-refractivity contribution in [1.82, 2.24) is 5.32 Å². The van der Waals surface area contributed by atoms with Gasteiger partial charge in [0.1, 0.15) is 0 Å². The monoisotopic (exact) mass is 278 g/mol. The second-order valence-corrected chi connectivity index (χ2v) is 7.25. The van der Waals surface area contributed by atoms with Gasteiger partial charge in [0.15, 0.2) is 0 Å². The fraction of sp³-hybridized carbons (Fsp3) is 0.667. The van der Waals surface area contributed by atoms with E-state index in [0.717, 1.165) is 17.7 Å². The highest BCUT2D eigenvalue weighted by atomic mass is 32.1. The summed E-state index contributed by atoms with van der Waals surface area (Å²) in [6.45, 7) is 2.60. The lowest BCUT2D eigenvalue weighted by Gasteiger charge is -2.29. The van der Waals surface area contributed by atoms with Crippen LogP contribution in [-0.4, -0.2) is 18.0 Å². The van der Waals surface area contributed by atoms with E-state index in [4.69, 9.17) is 5.73 Å². The van der Waals surface area contributed by atoms with Crippen LogP contribution in [0.4, 0.5) is 0 Å². The van der Waals surface area contributed by atoms with Gasteiger partial charge in [-0.1, -0.05) is 0 Å². The molecule has 0 spiro atoms. The summed E-state index contributed by atoms with van der Waals surface area (Å²) in [5, 5.41) is 3.18. The van der Waals surface area contributed by atoms with Crippen LogP contribution < -0.4 is 11.1 Å². The fourth-order valence-corrected chi connectivity index (χ4v) is 4.11. The summed E-state index contributed by atoms with van der Waals surface area (Å²) in [6, 6.07) is 2.10. The smallest absolute Gasteiger partial charge is 0.261 e. The minimum Gasteiger partial charge on any atom is -0.345 e. The average Bonchev–Trinajstić information content (AvgIpc) is 3.18. The molecule has 3 rings (SSSR count). The number of aryl methyl sites for hydroxylation is 2. The highest BCUT2D eigenvalue weighted by Gasteiger charge is 2.41. The van der Waals surface area contributed by atoms with Crippen LogP contribution in [0.15, 0.2) is 6.07 Å². The van der Waals surface area contributed by atoms with E-state index in [-0.39, 0.29) is 11.4 Å². The third-order valence-electron chi connectivity index (χ3n) is 4.52. The normalized spacial score (nSPS) is 21.6. The van der Waals surface area contributed by atoms with E-state index in [9.17, 15) is 4.79 Å². The van der Waals surface area contributed by atoms with Crippen LogP contribution in [-0.2, 0) is 12.8 Å².